The summed E-state index contributed by atoms with van der Waals surface area (Å²) in [6.07, 6.45) is 1.94. The van der Waals surface area contributed by atoms with Crippen molar-refractivity contribution in [1.82, 2.24) is 5.32 Å². The van der Waals surface area contributed by atoms with E-state index in [1.807, 2.05) is 24.8 Å². The van der Waals surface area contributed by atoms with Gasteiger partial charge in [0.05, 0.1) is 18.3 Å². The quantitative estimate of drug-likeness (QED) is 0.859. The minimum absolute atomic E-state index is 0.0458. The molecule has 0 saturated carbocycles. The summed E-state index contributed by atoms with van der Waals surface area (Å²) in [6, 6.07) is 5.38. The van der Waals surface area contributed by atoms with Gasteiger partial charge in [0.25, 0.3) is 0 Å². The largest absolute Gasteiger partial charge is 0.394 e. The first-order valence-electron chi connectivity index (χ1n) is 7.08. The Bertz CT molecular complexity index is 425. The molecule has 2 unspecified atom stereocenters. The number of nitrogens with zero attached hydrogens (tertiary/aromatic N) is 1. The Kier molecular flexibility index (Phi) is 4.77. The Morgan fingerprint density at radius 2 is 2.32 bits per heavy atom. The van der Waals surface area contributed by atoms with Gasteiger partial charge in [0.15, 0.2) is 0 Å². The molecule has 106 valence electrons. The van der Waals surface area contributed by atoms with Gasteiger partial charge < -0.3 is 15.3 Å². The van der Waals surface area contributed by atoms with Crippen LogP contribution in [-0.2, 0) is 0 Å². The molecule has 1 aliphatic heterocycles. The molecule has 0 spiro atoms. The highest BCUT2D eigenvalue weighted by atomic mass is 19.1. The van der Waals surface area contributed by atoms with Crippen LogP contribution in [0.25, 0.3) is 0 Å². The lowest BCUT2D eigenvalue weighted by Gasteiger charge is -2.30. The van der Waals surface area contributed by atoms with Gasteiger partial charge in [-0.2, -0.15) is 0 Å². The van der Waals surface area contributed by atoms with Crippen LogP contribution in [0.1, 0.15) is 38.3 Å². The lowest BCUT2D eigenvalue weighted by atomic mass is 10.0. The van der Waals surface area contributed by atoms with Crippen LogP contribution in [0.3, 0.4) is 0 Å². The summed E-state index contributed by atoms with van der Waals surface area (Å²) in [4.78, 5) is 2.03. The van der Waals surface area contributed by atoms with E-state index in [1.54, 1.807) is 6.07 Å². The first kappa shape index (κ1) is 14.3. The maximum atomic E-state index is 14.3. The third kappa shape index (κ3) is 2.90. The Morgan fingerprint density at radius 1 is 1.53 bits per heavy atom. The molecule has 2 N–H and O–H groups in total. The van der Waals surface area contributed by atoms with Gasteiger partial charge in [0.2, 0.25) is 0 Å². The molecule has 19 heavy (non-hydrogen) atoms. The molecule has 1 saturated heterocycles. The van der Waals surface area contributed by atoms with Gasteiger partial charge >= 0.3 is 0 Å². The lowest BCUT2D eigenvalue weighted by molar-refractivity contribution is 0.265. The molecule has 0 bridgehead atoms. The van der Waals surface area contributed by atoms with Gasteiger partial charge in [-0.15, -0.1) is 0 Å². The summed E-state index contributed by atoms with van der Waals surface area (Å²) in [5.41, 5.74) is 1.63. The second-order valence-corrected chi connectivity index (χ2v) is 5.13. The summed E-state index contributed by atoms with van der Waals surface area (Å²) in [5, 5.41) is 12.8. The number of rotatable bonds is 5. The number of anilines is 1. The molecule has 1 aliphatic rings. The van der Waals surface area contributed by atoms with Gasteiger partial charge in [-0.05, 0) is 37.9 Å². The summed E-state index contributed by atoms with van der Waals surface area (Å²) in [7, 11) is 0. The smallest absolute Gasteiger partial charge is 0.146 e. The summed E-state index contributed by atoms with van der Waals surface area (Å²) in [6.45, 7) is 5.84. The summed E-state index contributed by atoms with van der Waals surface area (Å²) in [5.74, 6) is -0.192. The third-order valence-corrected chi connectivity index (χ3v) is 3.87. The summed E-state index contributed by atoms with van der Waals surface area (Å²) < 4.78 is 14.3. The van der Waals surface area contributed by atoms with Crippen LogP contribution in [0.15, 0.2) is 18.2 Å². The fourth-order valence-electron chi connectivity index (χ4n) is 2.92. The van der Waals surface area contributed by atoms with E-state index in [1.165, 1.54) is 6.07 Å². The van der Waals surface area contributed by atoms with Crippen LogP contribution in [0.2, 0.25) is 0 Å². The zero-order valence-electron chi connectivity index (χ0n) is 11.7. The zero-order valence-corrected chi connectivity index (χ0v) is 11.7. The van der Waals surface area contributed by atoms with E-state index in [2.05, 4.69) is 5.32 Å². The van der Waals surface area contributed by atoms with Crippen molar-refractivity contribution in [2.45, 2.75) is 38.8 Å². The van der Waals surface area contributed by atoms with Crippen LogP contribution in [0.4, 0.5) is 10.1 Å². The van der Waals surface area contributed by atoms with E-state index in [4.69, 9.17) is 0 Å². The van der Waals surface area contributed by atoms with Crippen molar-refractivity contribution >= 4 is 5.69 Å². The Hall–Kier alpha value is -1.13. The number of hydrogen-bond acceptors (Lipinski definition) is 3. The van der Waals surface area contributed by atoms with Crippen molar-refractivity contribution in [3.05, 3.63) is 29.6 Å². The van der Waals surface area contributed by atoms with Crippen LogP contribution in [-0.4, -0.2) is 30.8 Å². The van der Waals surface area contributed by atoms with Gasteiger partial charge in [0.1, 0.15) is 5.82 Å². The second kappa shape index (κ2) is 6.35. The number of aliphatic hydroxyl groups excluding tert-OH is 1. The van der Waals surface area contributed by atoms with E-state index < -0.39 is 0 Å². The number of aliphatic hydroxyl groups is 1. The highest BCUT2D eigenvalue weighted by molar-refractivity contribution is 5.57. The number of halogens is 1. The molecule has 0 radical (unpaired) electrons. The fourth-order valence-corrected chi connectivity index (χ4v) is 2.92. The molecule has 2 rings (SSSR count). The van der Waals surface area contributed by atoms with Crippen molar-refractivity contribution in [3.63, 3.8) is 0 Å². The first-order valence-corrected chi connectivity index (χ1v) is 7.08. The predicted molar refractivity (Wildman–Crippen MR) is 75.9 cm³/mol. The van der Waals surface area contributed by atoms with Crippen molar-refractivity contribution < 1.29 is 9.50 Å². The number of hydrogen-bond donors (Lipinski definition) is 2. The van der Waals surface area contributed by atoms with Crippen molar-refractivity contribution in [2.24, 2.45) is 0 Å². The molecule has 3 nitrogen and oxygen atoms in total. The molecule has 1 aromatic carbocycles. The Labute approximate surface area is 114 Å². The summed E-state index contributed by atoms with van der Waals surface area (Å²) >= 11 is 0. The minimum Gasteiger partial charge on any atom is -0.394 e. The van der Waals surface area contributed by atoms with Crippen molar-refractivity contribution in [1.29, 1.82) is 0 Å². The molecule has 1 heterocycles. The maximum absolute atomic E-state index is 14.3. The molecule has 0 aliphatic carbocycles. The van der Waals surface area contributed by atoms with Crippen LogP contribution in [0.5, 0.6) is 0 Å². The monoisotopic (exact) mass is 266 g/mol. The molecule has 2 atom stereocenters. The average molecular weight is 266 g/mol. The first-order chi connectivity index (χ1) is 9.19. The normalized spacial score (nSPS) is 20.8. The fraction of sp³-hybridized carbons (Fsp3) is 0.600. The van der Waals surface area contributed by atoms with Gasteiger partial charge in [-0.1, -0.05) is 19.1 Å². The number of nitrogens with one attached hydrogen (secondary N) is 1. The van der Waals surface area contributed by atoms with E-state index in [0.717, 1.165) is 31.5 Å². The van der Waals surface area contributed by atoms with Gasteiger partial charge in [0, 0.05) is 12.6 Å². The van der Waals surface area contributed by atoms with Crippen LogP contribution < -0.4 is 10.2 Å². The standard InChI is InChI=1S/C15H23FN2O/c1-3-17-11(2)13-7-4-8-14(16)15(13)18-9-5-6-12(18)10-19/h4,7-8,11-12,17,19H,3,5-6,9-10H2,1-2H3. The van der Waals surface area contributed by atoms with E-state index in [-0.39, 0.29) is 24.5 Å². The molecular formula is C15H23FN2O. The van der Waals surface area contributed by atoms with Crippen molar-refractivity contribution in [3.8, 4) is 0 Å². The van der Waals surface area contributed by atoms with Gasteiger partial charge in [-0.3, -0.25) is 0 Å². The number of benzene rings is 1. The van der Waals surface area contributed by atoms with Crippen LogP contribution >= 0.6 is 0 Å². The topological polar surface area (TPSA) is 35.5 Å². The molecule has 1 aromatic rings. The number of para-hydroxylation sites is 1. The predicted octanol–water partition coefficient (Wildman–Crippen LogP) is 2.46. The average Bonchev–Trinajstić information content (AvgIpc) is 2.86. The highest BCUT2D eigenvalue weighted by Crippen LogP contribution is 2.34. The molecule has 0 amide bonds. The Balaban J connectivity index is 2.37. The maximum Gasteiger partial charge on any atom is 0.146 e. The second-order valence-electron chi connectivity index (χ2n) is 5.13. The van der Waals surface area contributed by atoms with E-state index in [9.17, 15) is 9.50 Å². The molecule has 4 heteroatoms. The van der Waals surface area contributed by atoms with Crippen LogP contribution in [0, 0.1) is 5.82 Å². The molecular weight excluding hydrogens is 243 g/mol. The Morgan fingerprint density at radius 3 is 3.00 bits per heavy atom. The minimum atomic E-state index is -0.192. The molecule has 0 aromatic heterocycles. The van der Waals surface area contributed by atoms with E-state index >= 15 is 0 Å². The SMILES string of the molecule is CCNC(C)c1cccc(F)c1N1CCCC1CO. The third-order valence-electron chi connectivity index (χ3n) is 3.87. The van der Waals surface area contributed by atoms with Crippen molar-refractivity contribution in [2.75, 3.05) is 24.6 Å². The highest BCUT2D eigenvalue weighted by Gasteiger charge is 2.28. The molecule has 1 fully saturated rings. The lowest BCUT2D eigenvalue weighted by Crippen LogP contribution is -2.34. The van der Waals surface area contributed by atoms with Gasteiger partial charge in [-0.25, -0.2) is 4.39 Å². The van der Waals surface area contributed by atoms with E-state index in [0.29, 0.717) is 5.69 Å². The zero-order chi connectivity index (χ0) is 13.8.